The zero-order valence-corrected chi connectivity index (χ0v) is 19.7. The van der Waals surface area contributed by atoms with Crippen LogP contribution in [-0.4, -0.2) is 26.4 Å². The highest BCUT2D eigenvalue weighted by molar-refractivity contribution is 7.99. The van der Waals surface area contributed by atoms with Crippen molar-refractivity contribution in [3.8, 4) is 11.4 Å². The number of allylic oxidation sites excluding steroid dienone is 1. The molecule has 0 radical (unpaired) electrons. The van der Waals surface area contributed by atoms with Crippen LogP contribution in [0.2, 0.25) is 0 Å². The summed E-state index contributed by atoms with van der Waals surface area (Å²) in [5, 5.41) is 14.1. The standard InChI is InChI=1S/C25H23FN4OS2/c1-3-14-30-24(19-7-4-5-8-20(19)26)28-29-25(30)33-16-22(31)27-23(21-9-6-15-32-21)18-12-10-17(2)11-13-18/h3-13,15,23H,1,14,16H2,2H3,(H,27,31). The highest BCUT2D eigenvalue weighted by Crippen LogP contribution is 2.28. The van der Waals surface area contributed by atoms with Crippen LogP contribution < -0.4 is 5.32 Å². The Morgan fingerprint density at radius 3 is 2.67 bits per heavy atom. The Balaban J connectivity index is 1.50. The van der Waals surface area contributed by atoms with Crippen LogP contribution in [0.25, 0.3) is 11.4 Å². The summed E-state index contributed by atoms with van der Waals surface area (Å²) >= 11 is 2.87. The van der Waals surface area contributed by atoms with Crippen molar-refractivity contribution in [3.63, 3.8) is 0 Å². The lowest BCUT2D eigenvalue weighted by Gasteiger charge is -2.18. The molecular formula is C25H23FN4OS2. The van der Waals surface area contributed by atoms with Gasteiger partial charge in [-0.15, -0.1) is 28.1 Å². The average molecular weight is 479 g/mol. The van der Waals surface area contributed by atoms with Gasteiger partial charge in [0.25, 0.3) is 0 Å². The SMILES string of the molecule is C=CCn1c(SCC(=O)NC(c2ccc(C)cc2)c2cccs2)nnc1-c1ccccc1F. The second kappa shape index (κ2) is 10.6. The number of thiophene rings is 1. The second-order valence-electron chi connectivity index (χ2n) is 7.40. The van der Waals surface area contributed by atoms with Crippen LogP contribution in [0.15, 0.2) is 83.9 Å². The molecular weight excluding hydrogens is 455 g/mol. The third-order valence-corrected chi connectivity index (χ3v) is 6.92. The molecule has 2 heterocycles. The number of carbonyl (C=O) groups excluding carboxylic acids is 1. The molecule has 5 nitrogen and oxygen atoms in total. The summed E-state index contributed by atoms with van der Waals surface area (Å²) in [4.78, 5) is 14.0. The number of benzene rings is 2. The van der Waals surface area contributed by atoms with Crippen LogP contribution in [0.4, 0.5) is 4.39 Å². The molecule has 1 amide bonds. The summed E-state index contributed by atoms with van der Waals surface area (Å²) in [5.74, 6) is 0.0632. The molecule has 0 saturated heterocycles. The van der Waals surface area contributed by atoms with Gasteiger partial charge in [0.1, 0.15) is 5.82 Å². The largest absolute Gasteiger partial charge is 0.344 e. The summed E-state index contributed by atoms with van der Waals surface area (Å²) in [6, 6.07) is 18.4. The minimum Gasteiger partial charge on any atom is -0.344 e. The Labute approximate surface area is 200 Å². The summed E-state index contributed by atoms with van der Waals surface area (Å²) in [5.41, 5.74) is 2.55. The van der Waals surface area contributed by atoms with E-state index in [1.807, 2.05) is 48.7 Å². The molecule has 2 aromatic heterocycles. The van der Waals surface area contributed by atoms with E-state index in [2.05, 4.69) is 22.1 Å². The van der Waals surface area contributed by atoms with Crippen molar-refractivity contribution in [2.24, 2.45) is 0 Å². The second-order valence-corrected chi connectivity index (χ2v) is 9.32. The molecule has 0 aliphatic rings. The Kier molecular flexibility index (Phi) is 7.36. The maximum absolute atomic E-state index is 14.3. The van der Waals surface area contributed by atoms with Gasteiger partial charge in [-0.05, 0) is 36.1 Å². The maximum atomic E-state index is 14.3. The summed E-state index contributed by atoms with van der Waals surface area (Å²) in [6.45, 7) is 6.22. The van der Waals surface area contributed by atoms with E-state index in [0.29, 0.717) is 23.1 Å². The molecule has 2 aromatic carbocycles. The Morgan fingerprint density at radius 1 is 1.18 bits per heavy atom. The van der Waals surface area contributed by atoms with Crippen molar-refractivity contribution in [1.82, 2.24) is 20.1 Å². The van der Waals surface area contributed by atoms with E-state index in [4.69, 9.17) is 0 Å². The van der Waals surface area contributed by atoms with Crippen LogP contribution in [-0.2, 0) is 11.3 Å². The Bertz CT molecular complexity index is 1240. The predicted octanol–water partition coefficient (Wildman–Crippen LogP) is 5.64. The van der Waals surface area contributed by atoms with E-state index < -0.39 is 0 Å². The van der Waals surface area contributed by atoms with Gasteiger partial charge in [0.15, 0.2) is 11.0 Å². The predicted molar refractivity (Wildman–Crippen MR) is 132 cm³/mol. The van der Waals surface area contributed by atoms with Gasteiger partial charge in [-0.25, -0.2) is 4.39 Å². The van der Waals surface area contributed by atoms with E-state index in [1.54, 1.807) is 40.2 Å². The first-order valence-electron chi connectivity index (χ1n) is 10.4. The maximum Gasteiger partial charge on any atom is 0.231 e. The molecule has 1 unspecified atom stereocenters. The van der Waals surface area contributed by atoms with Gasteiger partial charge in [-0.3, -0.25) is 9.36 Å². The molecule has 0 fully saturated rings. The van der Waals surface area contributed by atoms with Crippen LogP contribution in [0.5, 0.6) is 0 Å². The van der Waals surface area contributed by atoms with Crippen molar-refractivity contribution in [3.05, 3.63) is 101 Å². The number of hydrogen-bond acceptors (Lipinski definition) is 5. The lowest BCUT2D eigenvalue weighted by molar-refractivity contribution is -0.119. The molecule has 0 spiro atoms. The minimum atomic E-state index is -0.374. The molecule has 0 aliphatic heterocycles. The third-order valence-electron chi connectivity index (χ3n) is 5.02. The fourth-order valence-corrected chi connectivity index (χ4v) is 4.96. The van der Waals surface area contributed by atoms with Crippen LogP contribution in [0.3, 0.4) is 0 Å². The first-order chi connectivity index (χ1) is 16.1. The van der Waals surface area contributed by atoms with Crippen LogP contribution in [0.1, 0.15) is 22.0 Å². The first-order valence-corrected chi connectivity index (χ1v) is 12.2. The number of rotatable bonds is 9. The van der Waals surface area contributed by atoms with E-state index >= 15 is 0 Å². The summed E-state index contributed by atoms with van der Waals surface area (Å²) in [7, 11) is 0. The number of amides is 1. The van der Waals surface area contributed by atoms with Crippen molar-refractivity contribution in [2.45, 2.75) is 24.7 Å². The van der Waals surface area contributed by atoms with Gasteiger partial charge in [0.2, 0.25) is 5.91 Å². The van der Waals surface area contributed by atoms with Crippen molar-refractivity contribution in [2.75, 3.05) is 5.75 Å². The number of thioether (sulfide) groups is 1. The average Bonchev–Trinajstić information content (AvgIpc) is 3.48. The molecule has 1 atom stereocenters. The molecule has 4 aromatic rings. The number of nitrogens with one attached hydrogen (secondary N) is 1. The van der Waals surface area contributed by atoms with Gasteiger partial charge in [0.05, 0.1) is 17.4 Å². The van der Waals surface area contributed by atoms with Gasteiger partial charge < -0.3 is 5.32 Å². The molecule has 168 valence electrons. The molecule has 8 heteroatoms. The van der Waals surface area contributed by atoms with Gasteiger partial charge >= 0.3 is 0 Å². The number of carbonyl (C=O) groups is 1. The lowest BCUT2D eigenvalue weighted by Crippen LogP contribution is -2.30. The van der Waals surface area contributed by atoms with Crippen molar-refractivity contribution in [1.29, 1.82) is 0 Å². The minimum absolute atomic E-state index is 0.125. The van der Waals surface area contributed by atoms with Crippen molar-refractivity contribution < 1.29 is 9.18 Å². The number of aromatic nitrogens is 3. The molecule has 4 rings (SSSR count). The van der Waals surface area contributed by atoms with Crippen LogP contribution >= 0.6 is 23.1 Å². The Morgan fingerprint density at radius 2 is 1.97 bits per heavy atom. The monoisotopic (exact) mass is 478 g/mol. The topological polar surface area (TPSA) is 59.8 Å². The molecule has 33 heavy (non-hydrogen) atoms. The number of nitrogens with zero attached hydrogens (tertiary/aromatic N) is 3. The van der Waals surface area contributed by atoms with E-state index in [9.17, 15) is 9.18 Å². The van der Waals surface area contributed by atoms with E-state index in [0.717, 1.165) is 16.0 Å². The third kappa shape index (κ3) is 5.40. The summed E-state index contributed by atoms with van der Waals surface area (Å²) in [6.07, 6.45) is 1.70. The molecule has 1 N–H and O–H groups in total. The zero-order valence-electron chi connectivity index (χ0n) is 18.1. The number of aryl methyl sites for hydroxylation is 1. The smallest absolute Gasteiger partial charge is 0.231 e. The lowest BCUT2D eigenvalue weighted by atomic mass is 10.0. The number of halogens is 1. The molecule has 0 bridgehead atoms. The van der Waals surface area contributed by atoms with Crippen molar-refractivity contribution >= 4 is 29.0 Å². The van der Waals surface area contributed by atoms with Gasteiger partial charge in [0, 0.05) is 11.4 Å². The summed E-state index contributed by atoms with van der Waals surface area (Å²) < 4.78 is 16.1. The van der Waals surface area contributed by atoms with Gasteiger partial charge in [-0.1, -0.05) is 65.9 Å². The van der Waals surface area contributed by atoms with Gasteiger partial charge in [-0.2, -0.15) is 0 Å². The highest BCUT2D eigenvalue weighted by Gasteiger charge is 2.20. The fourth-order valence-electron chi connectivity index (χ4n) is 3.40. The number of hydrogen-bond donors (Lipinski definition) is 1. The van der Waals surface area contributed by atoms with Crippen LogP contribution in [0, 0.1) is 12.7 Å². The quantitative estimate of drug-likeness (QED) is 0.250. The van der Waals surface area contributed by atoms with E-state index in [-0.39, 0.29) is 23.5 Å². The highest BCUT2D eigenvalue weighted by atomic mass is 32.2. The first kappa shape index (κ1) is 22.9. The normalized spacial score (nSPS) is 11.8. The molecule has 0 aliphatic carbocycles. The molecule has 0 saturated carbocycles. The Hall–Kier alpha value is -3.23. The fraction of sp³-hybridized carbons (Fsp3) is 0.160. The zero-order chi connectivity index (χ0) is 23.2. The van der Waals surface area contributed by atoms with E-state index in [1.165, 1.54) is 17.8 Å².